The number of hydrogen-bond acceptors (Lipinski definition) is 7. The molecule has 0 bridgehead atoms. The third-order valence-corrected chi connectivity index (χ3v) is 8.68. The van der Waals surface area contributed by atoms with Crippen LogP contribution in [0.1, 0.15) is 56.9 Å². The largest absolute Gasteiger partial charge is 0.417 e. The van der Waals surface area contributed by atoms with Crippen molar-refractivity contribution in [2.75, 3.05) is 46.6 Å². The summed E-state index contributed by atoms with van der Waals surface area (Å²) in [4.78, 5) is 39.9. The van der Waals surface area contributed by atoms with Crippen molar-refractivity contribution in [1.29, 1.82) is 0 Å². The molecule has 4 atom stereocenters. The van der Waals surface area contributed by atoms with Crippen LogP contribution >= 0.6 is 0 Å². The molecule has 2 amide bonds. The molecule has 1 aromatic rings. The van der Waals surface area contributed by atoms with E-state index in [9.17, 15) is 22.8 Å². The lowest BCUT2D eigenvalue weighted by Crippen LogP contribution is -2.49. The number of fused-ring (bicyclic) bond motifs is 2. The van der Waals surface area contributed by atoms with Gasteiger partial charge in [-0.15, -0.1) is 0 Å². The van der Waals surface area contributed by atoms with Gasteiger partial charge in [0.1, 0.15) is 12.7 Å². The number of aromatic nitrogens is 1. The first-order valence-electron chi connectivity index (χ1n) is 14.2. The summed E-state index contributed by atoms with van der Waals surface area (Å²) in [6.07, 6.45) is -1.74. The Morgan fingerprint density at radius 3 is 2.73 bits per heavy atom. The van der Waals surface area contributed by atoms with Crippen molar-refractivity contribution in [3.63, 3.8) is 0 Å². The van der Waals surface area contributed by atoms with Gasteiger partial charge in [-0.25, -0.2) is 0 Å². The minimum atomic E-state index is -4.51. The van der Waals surface area contributed by atoms with E-state index in [4.69, 9.17) is 19.2 Å². The van der Waals surface area contributed by atoms with Crippen LogP contribution in [0, 0.1) is 11.3 Å². The molecule has 3 aliphatic heterocycles. The van der Waals surface area contributed by atoms with Gasteiger partial charge in [-0.3, -0.25) is 19.6 Å². The predicted molar refractivity (Wildman–Crippen MR) is 143 cm³/mol. The third-order valence-electron chi connectivity index (χ3n) is 8.68. The number of likely N-dealkylation sites (tertiary alicyclic amines) is 1. The molecule has 0 aromatic carbocycles. The van der Waals surface area contributed by atoms with Crippen LogP contribution in [-0.2, 0) is 42.9 Å². The Kier molecular flexibility index (Phi) is 8.21. The van der Waals surface area contributed by atoms with Crippen molar-refractivity contribution < 1.29 is 37.0 Å². The molecule has 4 aliphatic rings. The molecule has 5 rings (SSSR count). The standard InChI is InChI=1S/C29H39F3N4O5/c1-27(2,3)41-16-25(37)36-14-20-10-21(34-23-6-8-40-15-24(23)39-4)11-28(20,17-36)26(38)35-7-5-22-18(13-35)9-19(12-33-22)29(30,31)32/h9,12,20,23-24H,5-8,10-11,13-17H2,1-4H3/t20-,23?,24?,28-/m0/s1. The normalized spacial score (nSPS) is 29.5. The van der Waals surface area contributed by atoms with Gasteiger partial charge in [0.2, 0.25) is 11.8 Å². The van der Waals surface area contributed by atoms with Gasteiger partial charge >= 0.3 is 6.18 Å². The Hall–Kier alpha value is -2.57. The third kappa shape index (κ3) is 6.29. The molecule has 1 aromatic heterocycles. The fourth-order valence-corrected chi connectivity index (χ4v) is 6.51. The first-order chi connectivity index (χ1) is 19.3. The van der Waals surface area contributed by atoms with Crippen molar-refractivity contribution in [3.05, 3.63) is 29.1 Å². The van der Waals surface area contributed by atoms with Crippen molar-refractivity contribution in [2.45, 2.75) is 76.9 Å². The number of pyridine rings is 1. The number of hydrogen-bond donors (Lipinski definition) is 0. The second-order valence-electron chi connectivity index (χ2n) is 12.6. The van der Waals surface area contributed by atoms with Crippen LogP contribution in [0.4, 0.5) is 13.2 Å². The number of methoxy groups -OCH3 is 1. The molecule has 0 N–H and O–H groups in total. The number of alkyl halides is 3. The second kappa shape index (κ2) is 11.3. The zero-order chi connectivity index (χ0) is 29.6. The molecule has 0 spiro atoms. The smallest absolute Gasteiger partial charge is 0.379 e. The molecule has 9 nitrogen and oxygen atoms in total. The van der Waals surface area contributed by atoms with E-state index >= 15 is 0 Å². The fourth-order valence-electron chi connectivity index (χ4n) is 6.51. The number of nitrogens with zero attached hydrogens (tertiary/aromatic N) is 4. The highest BCUT2D eigenvalue weighted by molar-refractivity contribution is 5.98. The molecule has 1 saturated carbocycles. The summed E-state index contributed by atoms with van der Waals surface area (Å²) in [5.41, 5.74) is -0.279. The lowest BCUT2D eigenvalue weighted by molar-refractivity contribution is -0.145. The van der Waals surface area contributed by atoms with Gasteiger partial charge in [0.05, 0.1) is 29.2 Å². The Morgan fingerprint density at radius 1 is 1.24 bits per heavy atom. The number of aliphatic imine (C=N–C) groups is 1. The topological polar surface area (TPSA) is 93.6 Å². The minimum absolute atomic E-state index is 0.0544. The second-order valence-corrected chi connectivity index (χ2v) is 12.6. The molecule has 12 heteroatoms. The SMILES string of the molecule is COC1COCCC1N=C1C[C@H]2CN(C(=O)COC(C)(C)C)C[C@@]2(C(=O)N2CCc3ncc(C(F)(F)F)cc3C2)C1. The van der Waals surface area contributed by atoms with E-state index in [1.807, 2.05) is 20.8 Å². The van der Waals surface area contributed by atoms with Crippen LogP contribution in [0.25, 0.3) is 0 Å². The summed E-state index contributed by atoms with van der Waals surface area (Å²) >= 11 is 0. The van der Waals surface area contributed by atoms with Gasteiger partial charge in [0, 0.05) is 70.3 Å². The molecular formula is C29H39F3N4O5. The molecular weight excluding hydrogens is 541 g/mol. The molecule has 2 saturated heterocycles. The maximum absolute atomic E-state index is 14.4. The molecule has 4 heterocycles. The van der Waals surface area contributed by atoms with Crippen molar-refractivity contribution >= 4 is 17.5 Å². The highest BCUT2D eigenvalue weighted by Gasteiger charge is 2.59. The van der Waals surface area contributed by atoms with Crippen molar-refractivity contribution in [2.24, 2.45) is 16.3 Å². The fraction of sp³-hybridized carbons (Fsp3) is 0.724. The van der Waals surface area contributed by atoms with Gasteiger partial charge < -0.3 is 24.0 Å². The summed E-state index contributed by atoms with van der Waals surface area (Å²) in [7, 11) is 1.64. The van der Waals surface area contributed by atoms with E-state index in [0.717, 1.165) is 24.4 Å². The minimum Gasteiger partial charge on any atom is -0.379 e. The van der Waals surface area contributed by atoms with Crippen LogP contribution in [-0.4, -0.2) is 96.6 Å². The molecule has 41 heavy (non-hydrogen) atoms. The zero-order valence-corrected chi connectivity index (χ0v) is 24.1. The number of rotatable bonds is 5. The number of carbonyl (C=O) groups excluding carboxylic acids is 2. The Labute approximate surface area is 238 Å². The first kappa shape index (κ1) is 29.9. The van der Waals surface area contributed by atoms with Gasteiger partial charge in [0.25, 0.3) is 0 Å². The summed E-state index contributed by atoms with van der Waals surface area (Å²) in [6, 6.07) is 1.03. The van der Waals surface area contributed by atoms with Crippen LogP contribution in [0.3, 0.4) is 0 Å². The van der Waals surface area contributed by atoms with Crippen LogP contribution < -0.4 is 0 Å². The monoisotopic (exact) mass is 580 g/mol. The number of halogens is 3. The maximum Gasteiger partial charge on any atom is 0.417 e. The first-order valence-corrected chi connectivity index (χ1v) is 14.2. The van der Waals surface area contributed by atoms with Gasteiger partial charge in [-0.1, -0.05) is 0 Å². The number of amides is 2. The van der Waals surface area contributed by atoms with E-state index in [0.29, 0.717) is 56.8 Å². The zero-order valence-electron chi connectivity index (χ0n) is 24.1. The van der Waals surface area contributed by atoms with Gasteiger partial charge in [-0.05, 0) is 51.2 Å². The van der Waals surface area contributed by atoms with E-state index < -0.39 is 22.8 Å². The predicted octanol–water partition coefficient (Wildman–Crippen LogP) is 3.28. The van der Waals surface area contributed by atoms with Crippen LogP contribution in [0.15, 0.2) is 17.3 Å². The summed E-state index contributed by atoms with van der Waals surface area (Å²) in [6.45, 7) is 7.65. The quantitative estimate of drug-likeness (QED) is 0.531. The summed E-state index contributed by atoms with van der Waals surface area (Å²) in [5.74, 6) is -0.459. The highest BCUT2D eigenvalue weighted by atomic mass is 19.4. The highest BCUT2D eigenvalue weighted by Crippen LogP contribution is 2.50. The van der Waals surface area contributed by atoms with Crippen molar-refractivity contribution in [3.8, 4) is 0 Å². The van der Waals surface area contributed by atoms with E-state index in [1.165, 1.54) is 0 Å². The molecule has 226 valence electrons. The lowest BCUT2D eigenvalue weighted by atomic mass is 9.78. The lowest BCUT2D eigenvalue weighted by Gasteiger charge is -2.37. The Bertz CT molecular complexity index is 1200. The average molecular weight is 581 g/mol. The summed E-state index contributed by atoms with van der Waals surface area (Å²) < 4.78 is 57.0. The van der Waals surface area contributed by atoms with Crippen molar-refractivity contribution in [1.82, 2.24) is 14.8 Å². The van der Waals surface area contributed by atoms with Gasteiger partial charge in [-0.2, -0.15) is 13.2 Å². The molecule has 0 radical (unpaired) electrons. The summed E-state index contributed by atoms with van der Waals surface area (Å²) in [5, 5.41) is 0. The van der Waals surface area contributed by atoms with Crippen LogP contribution in [0.5, 0.6) is 0 Å². The average Bonchev–Trinajstić information content (AvgIpc) is 3.45. The van der Waals surface area contributed by atoms with E-state index in [1.54, 1.807) is 16.9 Å². The Balaban J connectivity index is 1.40. The van der Waals surface area contributed by atoms with E-state index in [-0.39, 0.29) is 49.6 Å². The van der Waals surface area contributed by atoms with E-state index in [2.05, 4.69) is 4.98 Å². The molecule has 1 aliphatic carbocycles. The Morgan fingerprint density at radius 2 is 2.02 bits per heavy atom. The molecule has 3 fully saturated rings. The number of carbonyl (C=O) groups is 2. The van der Waals surface area contributed by atoms with Crippen LogP contribution in [0.2, 0.25) is 0 Å². The maximum atomic E-state index is 14.4. The molecule has 2 unspecified atom stereocenters. The number of ether oxygens (including phenoxy) is 3. The van der Waals surface area contributed by atoms with Gasteiger partial charge in [0.15, 0.2) is 0 Å².